The zero-order chi connectivity index (χ0) is 20.8. The van der Waals surface area contributed by atoms with Gasteiger partial charge in [-0.2, -0.15) is 0 Å². The highest BCUT2D eigenvalue weighted by atomic mass is 32.2. The van der Waals surface area contributed by atoms with Crippen LogP contribution < -0.4 is 15.4 Å². The SMILES string of the molecule is O=C(NC1C2CC3CC(C2)CC1C3)c1onc(OCC2CCNCC2)c1SC1CCC1. The van der Waals surface area contributed by atoms with Crippen LogP contribution in [0.4, 0.5) is 0 Å². The van der Waals surface area contributed by atoms with Crippen molar-refractivity contribution in [1.29, 1.82) is 0 Å². The van der Waals surface area contributed by atoms with Gasteiger partial charge in [0, 0.05) is 11.3 Å². The zero-order valence-corrected chi connectivity index (χ0v) is 19.1. The maximum Gasteiger partial charge on any atom is 0.291 e. The summed E-state index contributed by atoms with van der Waals surface area (Å²) in [5.41, 5.74) is 0. The molecule has 5 saturated carbocycles. The summed E-state index contributed by atoms with van der Waals surface area (Å²) in [6, 6.07) is 0.311. The second-order valence-electron chi connectivity index (χ2n) is 10.8. The summed E-state index contributed by atoms with van der Waals surface area (Å²) in [5, 5.41) is 11.6. The van der Waals surface area contributed by atoms with Gasteiger partial charge in [-0.15, -0.1) is 11.8 Å². The first kappa shape index (κ1) is 20.4. The third-order valence-electron chi connectivity index (χ3n) is 8.60. The number of carbonyl (C=O) groups is 1. The molecule has 6 aliphatic rings. The molecule has 170 valence electrons. The van der Waals surface area contributed by atoms with Crippen molar-refractivity contribution in [3.05, 3.63) is 5.76 Å². The summed E-state index contributed by atoms with van der Waals surface area (Å²) in [4.78, 5) is 14.2. The Morgan fingerprint density at radius 1 is 1.06 bits per heavy atom. The third kappa shape index (κ3) is 4.12. The Bertz CT molecular complexity index is 774. The van der Waals surface area contributed by atoms with E-state index in [0.29, 0.717) is 47.3 Å². The molecule has 2 heterocycles. The Balaban J connectivity index is 1.16. The average molecular weight is 446 g/mol. The molecular formula is C24H35N3O3S. The van der Waals surface area contributed by atoms with Crippen molar-refractivity contribution in [2.75, 3.05) is 19.7 Å². The van der Waals surface area contributed by atoms with Crippen LogP contribution in [-0.4, -0.2) is 42.1 Å². The van der Waals surface area contributed by atoms with Gasteiger partial charge in [0.2, 0.25) is 5.76 Å². The highest BCUT2D eigenvalue weighted by molar-refractivity contribution is 8.00. The van der Waals surface area contributed by atoms with Gasteiger partial charge >= 0.3 is 0 Å². The van der Waals surface area contributed by atoms with Crippen molar-refractivity contribution < 1.29 is 14.1 Å². The number of aromatic nitrogens is 1. The van der Waals surface area contributed by atoms with E-state index in [1.54, 1.807) is 11.8 Å². The number of thioether (sulfide) groups is 1. The first-order valence-electron chi connectivity index (χ1n) is 12.5. The summed E-state index contributed by atoms with van der Waals surface area (Å²) < 4.78 is 11.8. The molecule has 1 saturated heterocycles. The molecule has 0 atom stereocenters. The Morgan fingerprint density at radius 3 is 2.42 bits per heavy atom. The van der Waals surface area contributed by atoms with Gasteiger partial charge in [-0.3, -0.25) is 4.79 Å². The third-order valence-corrected chi connectivity index (χ3v) is 10.0. The monoisotopic (exact) mass is 445 g/mol. The summed E-state index contributed by atoms with van der Waals surface area (Å²) >= 11 is 1.74. The molecule has 7 rings (SSSR count). The number of rotatable bonds is 7. The molecule has 0 unspecified atom stereocenters. The Labute approximate surface area is 189 Å². The maximum atomic E-state index is 13.3. The lowest BCUT2D eigenvalue weighted by atomic mass is 9.54. The number of nitrogens with zero attached hydrogens (tertiary/aromatic N) is 1. The average Bonchev–Trinajstić information content (AvgIpc) is 3.14. The largest absolute Gasteiger partial charge is 0.474 e. The lowest BCUT2D eigenvalue weighted by Gasteiger charge is -2.54. The summed E-state index contributed by atoms with van der Waals surface area (Å²) in [7, 11) is 0. The van der Waals surface area contributed by atoms with Crippen molar-refractivity contribution in [3.8, 4) is 5.88 Å². The van der Waals surface area contributed by atoms with Gasteiger partial charge in [-0.25, -0.2) is 0 Å². The lowest BCUT2D eigenvalue weighted by molar-refractivity contribution is -0.0124. The molecule has 4 bridgehead atoms. The van der Waals surface area contributed by atoms with Gasteiger partial charge < -0.3 is 19.9 Å². The Kier molecular flexibility index (Phi) is 5.67. The standard InChI is InChI=1S/C24H35N3O3S/c28-23(26-20-17-9-15-8-16(11-17)12-18(20)10-15)21-22(31-19-2-1-3-19)24(27-30-21)29-13-14-4-6-25-7-5-14/h14-20,25H,1-13H2,(H,26,28). The fourth-order valence-corrected chi connectivity index (χ4v) is 8.22. The number of ether oxygens (including phenoxy) is 1. The van der Waals surface area contributed by atoms with E-state index < -0.39 is 0 Å². The van der Waals surface area contributed by atoms with E-state index in [0.717, 1.165) is 42.7 Å². The van der Waals surface area contributed by atoms with Crippen LogP contribution in [-0.2, 0) is 0 Å². The summed E-state index contributed by atoms with van der Waals surface area (Å²) in [5.74, 6) is 4.49. The van der Waals surface area contributed by atoms with Crippen LogP contribution in [0.3, 0.4) is 0 Å². The van der Waals surface area contributed by atoms with Crippen molar-refractivity contribution in [1.82, 2.24) is 15.8 Å². The highest BCUT2D eigenvalue weighted by Gasteiger charge is 2.49. The van der Waals surface area contributed by atoms with Gasteiger partial charge in [-0.05, 0) is 106 Å². The van der Waals surface area contributed by atoms with Gasteiger partial charge in [0.1, 0.15) is 4.90 Å². The molecule has 1 amide bonds. The van der Waals surface area contributed by atoms with Crippen LogP contribution >= 0.6 is 11.8 Å². The molecule has 5 aliphatic carbocycles. The Hall–Kier alpha value is -1.21. The molecule has 6 nitrogen and oxygen atoms in total. The number of nitrogens with one attached hydrogen (secondary N) is 2. The minimum Gasteiger partial charge on any atom is -0.474 e. The second-order valence-corrected chi connectivity index (χ2v) is 12.1. The molecular weight excluding hydrogens is 410 g/mol. The van der Waals surface area contributed by atoms with Crippen LogP contribution in [0, 0.1) is 29.6 Å². The van der Waals surface area contributed by atoms with E-state index >= 15 is 0 Å². The van der Waals surface area contributed by atoms with E-state index in [1.807, 2.05) is 0 Å². The number of carbonyl (C=O) groups excluding carboxylic acids is 1. The number of hydrogen-bond acceptors (Lipinski definition) is 6. The van der Waals surface area contributed by atoms with Crippen LogP contribution in [0.2, 0.25) is 0 Å². The van der Waals surface area contributed by atoms with Gasteiger partial charge in [-0.1, -0.05) is 6.42 Å². The number of amides is 1. The van der Waals surface area contributed by atoms with Crippen molar-refractivity contribution >= 4 is 17.7 Å². The van der Waals surface area contributed by atoms with E-state index in [9.17, 15) is 4.79 Å². The molecule has 1 aliphatic heterocycles. The van der Waals surface area contributed by atoms with Crippen molar-refractivity contribution in [2.24, 2.45) is 29.6 Å². The minimum absolute atomic E-state index is 0.0801. The molecule has 1 aromatic heterocycles. The van der Waals surface area contributed by atoms with Crippen LogP contribution in [0.15, 0.2) is 9.42 Å². The van der Waals surface area contributed by atoms with Gasteiger partial charge in [0.25, 0.3) is 11.8 Å². The number of piperidine rings is 1. The van der Waals surface area contributed by atoms with Crippen LogP contribution in [0.5, 0.6) is 5.88 Å². The fraction of sp³-hybridized carbons (Fsp3) is 0.833. The van der Waals surface area contributed by atoms with Crippen LogP contribution in [0.25, 0.3) is 0 Å². The van der Waals surface area contributed by atoms with Crippen LogP contribution in [0.1, 0.15) is 74.8 Å². The second kappa shape index (κ2) is 8.62. The minimum atomic E-state index is -0.0801. The molecule has 1 aromatic rings. The molecule has 7 heteroatoms. The molecule has 2 N–H and O–H groups in total. The van der Waals surface area contributed by atoms with E-state index in [2.05, 4.69) is 15.8 Å². The first-order chi connectivity index (χ1) is 15.2. The van der Waals surface area contributed by atoms with E-state index in [1.165, 1.54) is 51.4 Å². The molecule has 31 heavy (non-hydrogen) atoms. The predicted octanol–water partition coefficient (Wildman–Crippen LogP) is 4.25. The normalized spacial score (nSPS) is 35.2. The van der Waals surface area contributed by atoms with Crippen molar-refractivity contribution in [3.63, 3.8) is 0 Å². The van der Waals surface area contributed by atoms with Gasteiger partial charge in [0.15, 0.2) is 0 Å². The van der Waals surface area contributed by atoms with E-state index in [-0.39, 0.29) is 5.91 Å². The summed E-state index contributed by atoms with van der Waals surface area (Å²) in [6.07, 6.45) is 12.5. The maximum absolute atomic E-state index is 13.3. The molecule has 6 fully saturated rings. The fourth-order valence-electron chi connectivity index (χ4n) is 6.89. The smallest absolute Gasteiger partial charge is 0.291 e. The predicted molar refractivity (Wildman–Crippen MR) is 119 cm³/mol. The Morgan fingerprint density at radius 2 is 1.77 bits per heavy atom. The van der Waals surface area contributed by atoms with Gasteiger partial charge in [0.05, 0.1) is 6.61 Å². The highest BCUT2D eigenvalue weighted by Crippen LogP contribution is 2.54. The summed E-state index contributed by atoms with van der Waals surface area (Å²) in [6.45, 7) is 2.76. The molecule has 0 radical (unpaired) electrons. The first-order valence-corrected chi connectivity index (χ1v) is 13.4. The quantitative estimate of drug-likeness (QED) is 0.653. The topological polar surface area (TPSA) is 76.4 Å². The zero-order valence-electron chi connectivity index (χ0n) is 18.3. The number of hydrogen-bond donors (Lipinski definition) is 2. The molecule has 0 spiro atoms. The molecule has 0 aromatic carbocycles. The van der Waals surface area contributed by atoms with E-state index in [4.69, 9.17) is 9.26 Å². The lowest BCUT2D eigenvalue weighted by Crippen LogP contribution is -2.55. The van der Waals surface area contributed by atoms with Crippen molar-refractivity contribution in [2.45, 2.75) is 80.4 Å².